The number of benzene rings is 1. The van der Waals surface area contributed by atoms with Crippen LogP contribution in [-0.4, -0.2) is 18.9 Å². The van der Waals surface area contributed by atoms with Crippen molar-refractivity contribution in [1.29, 1.82) is 0 Å². The Morgan fingerprint density at radius 2 is 1.82 bits per heavy atom. The molecule has 1 aromatic rings. The lowest BCUT2D eigenvalue weighted by Gasteiger charge is -2.11. The summed E-state index contributed by atoms with van der Waals surface area (Å²) in [5.41, 5.74) is 0. The summed E-state index contributed by atoms with van der Waals surface area (Å²) >= 11 is 5.45. The fourth-order valence-corrected chi connectivity index (χ4v) is 6.91. The first-order valence-electron chi connectivity index (χ1n) is 3.98. The second kappa shape index (κ2) is 5.83. The summed E-state index contributed by atoms with van der Waals surface area (Å²) in [6, 6.07) is 1.52. The molecule has 0 bridgehead atoms. The molecule has 0 saturated carbocycles. The van der Waals surface area contributed by atoms with E-state index in [-0.39, 0.29) is 14.2 Å². The van der Waals surface area contributed by atoms with Crippen LogP contribution in [0.3, 0.4) is 0 Å². The Kier molecular flexibility index (Phi) is 5.44. The number of halogens is 3. The molecular weight excluding hydrogens is 589 g/mol. The van der Waals surface area contributed by atoms with Crippen molar-refractivity contribution < 1.29 is 22.5 Å². The lowest BCUT2D eigenvalue weighted by Crippen LogP contribution is -2.10. The van der Waals surface area contributed by atoms with Gasteiger partial charge in [0.15, 0.2) is 5.75 Å². The maximum absolute atomic E-state index is 11.2. The minimum atomic E-state index is -4.35. The van der Waals surface area contributed by atoms with Crippen molar-refractivity contribution >= 4 is 83.9 Å². The number of hydrogen-bond donors (Lipinski definition) is 1. The summed E-state index contributed by atoms with van der Waals surface area (Å²) in [4.78, 5) is 10.7. The zero-order chi connectivity index (χ0) is 13.4. The average molecular weight is 594 g/mol. The van der Waals surface area contributed by atoms with E-state index < -0.39 is 16.1 Å². The second-order valence-electron chi connectivity index (χ2n) is 2.88. The molecule has 1 aromatic carbocycles. The van der Waals surface area contributed by atoms with E-state index in [4.69, 9.17) is 9.29 Å². The van der Waals surface area contributed by atoms with Crippen LogP contribution in [0.4, 0.5) is 0 Å². The Bertz CT molecular complexity index is 581. The highest BCUT2D eigenvalue weighted by Crippen LogP contribution is 2.35. The molecule has 0 amide bonds. The van der Waals surface area contributed by atoms with Crippen LogP contribution in [0.25, 0.3) is 0 Å². The van der Waals surface area contributed by atoms with Crippen LogP contribution in [-0.2, 0) is 14.9 Å². The van der Waals surface area contributed by atoms with Crippen molar-refractivity contribution in [3.63, 3.8) is 0 Å². The number of carbonyl (C=O) groups is 1. The highest BCUT2D eigenvalue weighted by molar-refractivity contribution is 14.1. The number of carbonyl (C=O) groups excluding carboxylic acids is 1. The van der Waals surface area contributed by atoms with Gasteiger partial charge in [0, 0.05) is 10.5 Å². The zero-order valence-electron chi connectivity index (χ0n) is 8.20. The van der Waals surface area contributed by atoms with E-state index in [1.54, 1.807) is 45.2 Å². The van der Waals surface area contributed by atoms with E-state index in [2.05, 4.69) is 0 Å². The van der Waals surface area contributed by atoms with Crippen molar-refractivity contribution in [3.8, 4) is 5.75 Å². The Morgan fingerprint density at radius 1 is 1.29 bits per heavy atom. The van der Waals surface area contributed by atoms with Crippen molar-refractivity contribution in [2.24, 2.45) is 0 Å². The quantitative estimate of drug-likeness (QED) is 0.247. The molecule has 5 nitrogen and oxygen atoms in total. The van der Waals surface area contributed by atoms with E-state index in [1.165, 1.54) is 13.0 Å². The van der Waals surface area contributed by atoms with Gasteiger partial charge in [0.2, 0.25) is 0 Å². The van der Waals surface area contributed by atoms with Crippen LogP contribution in [0.2, 0.25) is 0 Å². The number of ether oxygens (including phenoxy) is 1. The molecule has 0 fully saturated rings. The lowest BCUT2D eigenvalue weighted by atomic mass is 10.3. The predicted octanol–water partition coefficient (Wildman–Crippen LogP) is 2.67. The van der Waals surface area contributed by atoms with Crippen LogP contribution in [0, 0.1) is 10.7 Å². The monoisotopic (exact) mass is 594 g/mol. The molecule has 0 heterocycles. The number of esters is 1. The van der Waals surface area contributed by atoms with Crippen molar-refractivity contribution in [2.75, 3.05) is 0 Å². The van der Waals surface area contributed by atoms with E-state index >= 15 is 0 Å². The van der Waals surface area contributed by atoms with Gasteiger partial charge in [-0.1, -0.05) is 0 Å². The summed E-state index contributed by atoms with van der Waals surface area (Å²) in [6.45, 7) is 1.22. The molecule has 17 heavy (non-hydrogen) atoms. The normalized spacial score (nSPS) is 11.4. The summed E-state index contributed by atoms with van der Waals surface area (Å²) in [7, 11) is -4.35. The van der Waals surface area contributed by atoms with Gasteiger partial charge in [-0.3, -0.25) is 9.35 Å². The van der Waals surface area contributed by atoms with Crippen molar-refractivity contribution in [2.45, 2.75) is 11.8 Å². The first kappa shape index (κ1) is 15.8. The Morgan fingerprint density at radius 3 is 2.24 bits per heavy atom. The third-order valence-electron chi connectivity index (χ3n) is 1.59. The molecular formula is C8H5I3O5S. The highest BCUT2D eigenvalue weighted by atomic mass is 127. The molecule has 0 radical (unpaired) electrons. The zero-order valence-corrected chi connectivity index (χ0v) is 15.5. The van der Waals surface area contributed by atoms with Gasteiger partial charge in [-0.25, -0.2) is 0 Å². The van der Waals surface area contributed by atoms with Gasteiger partial charge in [-0.15, -0.1) is 0 Å². The first-order chi connectivity index (χ1) is 7.64. The van der Waals surface area contributed by atoms with Crippen LogP contribution >= 0.6 is 67.8 Å². The molecule has 0 unspecified atom stereocenters. The Balaban J connectivity index is 3.60. The van der Waals surface area contributed by atoms with Crippen LogP contribution in [0.1, 0.15) is 6.92 Å². The van der Waals surface area contributed by atoms with Crippen molar-refractivity contribution in [3.05, 3.63) is 16.8 Å². The van der Waals surface area contributed by atoms with Gasteiger partial charge in [0.05, 0.1) is 7.14 Å². The second-order valence-corrected chi connectivity index (χ2v) is 7.64. The number of rotatable bonds is 2. The molecule has 0 saturated heterocycles. The standard InChI is InChI=1S/C8H5I3O5S/c1-3(12)16-7-4(9)2-5(10)8(6(7)11)17(13,14)15/h2H,1H3,(H,13,14,15). The van der Waals surface area contributed by atoms with Gasteiger partial charge in [-0.05, 0) is 73.8 Å². The maximum Gasteiger partial charge on any atom is 0.308 e. The van der Waals surface area contributed by atoms with Gasteiger partial charge in [0.1, 0.15) is 4.90 Å². The minimum absolute atomic E-state index is 0.145. The molecule has 0 spiro atoms. The third kappa shape index (κ3) is 3.87. The van der Waals surface area contributed by atoms with Gasteiger partial charge in [0.25, 0.3) is 10.1 Å². The van der Waals surface area contributed by atoms with Gasteiger partial charge in [-0.2, -0.15) is 8.42 Å². The molecule has 0 aliphatic heterocycles. The summed E-state index contributed by atoms with van der Waals surface area (Å²) in [5, 5.41) is 0. The molecule has 0 aliphatic carbocycles. The topological polar surface area (TPSA) is 80.7 Å². The van der Waals surface area contributed by atoms with Crippen LogP contribution in [0.5, 0.6) is 5.75 Å². The van der Waals surface area contributed by atoms with Gasteiger partial charge < -0.3 is 4.74 Å². The molecule has 0 aliphatic rings. The average Bonchev–Trinajstić information content (AvgIpc) is 2.08. The summed E-state index contributed by atoms with van der Waals surface area (Å²) in [5.74, 6) is -0.407. The SMILES string of the molecule is CC(=O)Oc1c(I)cc(I)c(S(=O)(=O)O)c1I. The highest BCUT2D eigenvalue weighted by Gasteiger charge is 2.24. The Labute approximate surface area is 139 Å². The van der Waals surface area contributed by atoms with Crippen molar-refractivity contribution in [1.82, 2.24) is 0 Å². The molecule has 1 rings (SSSR count). The largest absolute Gasteiger partial charge is 0.424 e. The number of hydrogen-bond acceptors (Lipinski definition) is 4. The summed E-state index contributed by atoms with van der Waals surface area (Å²) in [6.07, 6.45) is 0. The predicted molar refractivity (Wildman–Crippen MR) is 85.7 cm³/mol. The molecule has 0 aromatic heterocycles. The van der Waals surface area contributed by atoms with E-state index in [1.807, 2.05) is 22.6 Å². The van der Waals surface area contributed by atoms with E-state index in [0.717, 1.165) is 0 Å². The third-order valence-corrected chi connectivity index (χ3v) is 5.94. The van der Waals surface area contributed by atoms with E-state index in [0.29, 0.717) is 7.14 Å². The molecule has 1 N–H and O–H groups in total. The van der Waals surface area contributed by atoms with Crippen LogP contribution < -0.4 is 4.74 Å². The molecule has 9 heteroatoms. The Hall–Kier alpha value is 0.790. The van der Waals surface area contributed by atoms with Crippen LogP contribution in [0.15, 0.2) is 11.0 Å². The maximum atomic E-state index is 11.2. The minimum Gasteiger partial charge on any atom is -0.424 e. The smallest absolute Gasteiger partial charge is 0.308 e. The fourth-order valence-electron chi connectivity index (χ4n) is 1.03. The molecule has 94 valence electrons. The molecule has 0 atom stereocenters. The van der Waals surface area contributed by atoms with Gasteiger partial charge >= 0.3 is 5.97 Å². The van der Waals surface area contributed by atoms with E-state index in [9.17, 15) is 13.2 Å². The lowest BCUT2D eigenvalue weighted by molar-refractivity contribution is -0.132. The summed E-state index contributed by atoms with van der Waals surface area (Å²) < 4.78 is 37.7. The first-order valence-corrected chi connectivity index (χ1v) is 8.65. The fraction of sp³-hybridized carbons (Fsp3) is 0.125.